The van der Waals surface area contributed by atoms with Gasteiger partial charge in [-0.2, -0.15) is 4.98 Å². The van der Waals surface area contributed by atoms with Crippen molar-refractivity contribution in [3.63, 3.8) is 0 Å². The van der Waals surface area contributed by atoms with E-state index in [1.54, 1.807) is 24.3 Å². The molecule has 1 unspecified atom stereocenters. The van der Waals surface area contributed by atoms with Gasteiger partial charge in [-0.1, -0.05) is 39.0 Å². The lowest BCUT2D eigenvalue weighted by atomic mass is 10.2. The third kappa shape index (κ3) is 5.48. The van der Waals surface area contributed by atoms with Gasteiger partial charge in [0.25, 0.3) is 5.91 Å². The Morgan fingerprint density at radius 3 is 2.58 bits per heavy atom. The molecular formula is C22H31N3O5Si. The number of aliphatic hydroxyl groups is 1. The smallest absolute Gasteiger partial charge is 0.351 e. The molecule has 0 radical (unpaired) electrons. The molecular weight excluding hydrogens is 414 g/mol. The molecule has 8 nitrogen and oxygen atoms in total. The van der Waals surface area contributed by atoms with E-state index in [1.807, 2.05) is 6.07 Å². The van der Waals surface area contributed by atoms with Gasteiger partial charge in [0.2, 0.25) is 0 Å². The first-order valence-electron chi connectivity index (χ1n) is 10.4. The third-order valence-electron chi connectivity index (χ3n) is 6.04. The zero-order chi connectivity index (χ0) is 22.8. The van der Waals surface area contributed by atoms with Crippen LogP contribution in [0.3, 0.4) is 0 Å². The second-order valence-electron chi connectivity index (χ2n) is 9.33. The van der Waals surface area contributed by atoms with Gasteiger partial charge in [-0.15, -0.1) is 0 Å². The molecule has 1 aromatic heterocycles. The van der Waals surface area contributed by atoms with Crippen LogP contribution in [0.2, 0.25) is 18.1 Å². The number of rotatable bonds is 6. The molecule has 168 valence electrons. The van der Waals surface area contributed by atoms with Crippen molar-refractivity contribution in [2.24, 2.45) is 0 Å². The highest BCUT2D eigenvalue weighted by Gasteiger charge is 2.41. The Morgan fingerprint density at radius 2 is 1.97 bits per heavy atom. The van der Waals surface area contributed by atoms with E-state index in [9.17, 15) is 14.7 Å². The van der Waals surface area contributed by atoms with Crippen LogP contribution in [-0.2, 0) is 9.16 Å². The van der Waals surface area contributed by atoms with Crippen LogP contribution in [0.1, 0.15) is 43.8 Å². The fraction of sp³-hybridized carbons (Fsp3) is 0.500. The summed E-state index contributed by atoms with van der Waals surface area (Å²) < 4.78 is 13.4. The molecule has 2 heterocycles. The molecule has 3 rings (SSSR count). The molecule has 1 amide bonds. The van der Waals surface area contributed by atoms with Gasteiger partial charge < -0.3 is 19.6 Å². The Morgan fingerprint density at radius 1 is 1.29 bits per heavy atom. The van der Waals surface area contributed by atoms with Crippen LogP contribution >= 0.6 is 0 Å². The van der Waals surface area contributed by atoms with Crippen LogP contribution in [0.15, 0.2) is 47.4 Å². The Balaban J connectivity index is 1.64. The molecule has 1 aromatic carbocycles. The molecule has 3 atom stereocenters. The minimum Gasteiger partial charge on any atom is -0.414 e. The topological polar surface area (TPSA) is 103 Å². The average Bonchev–Trinajstić information content (AvgIpc) is 3.06. The second-order valence-corrected chi connectivity index (χ2v) is 14.1. The number of ether oxygens (including phenoxy) is 1. The summed E-state index contributed by atoms with van der Waals surface area (Å²) >= 11 is 0. The van der Waals surface area contributed by atoms with Gasteiger partial charge in [-0.25, -0.2) is 4.79 Å². The van der Waals surface area contributed by atoms with E-state index in [0.717, 1.165) is 0 Å². The molecule has 1 fully saturated rings. The number of hydrogen-bond acceptors (Lipinski definition) is 6. The second kappa shape index (κ2) is 9.03. The van der Waals surface area contributed by atoms with E-state index < -0.39 is 32.4 Å². The van der Waals surface area contributed by atoms with Crippen LogP contribution in [0.25, 0.3) is 0 Å². The van der Waals surface area contributed by atoms with Crippen molar-refractivity contribution >= 4 is 20.0 Å². The molecule has 9 heteroatoms. The zero-order valence-electron chi connectivity index (χ0n) is 18.7. The number of carbonyl (C=O) groups excluding carboxylic acids is 1. The first-order valence-corrected chi connectivity index (χ1v) is 13.3. The molecule has 0 aliphatic carbocycles. The lowest BCUT2D eigenvalue weighted by molar-refractivity contribution is -0.0432. The number of nitrogens with one attached hydrogen (secondary N) is 1. The highest BCUT2D eigenvalue weighted by atomic mass is 28.4. The minimum atomic E-state index is -1.98. The molecule has 1 aliphatic rings. The summed E-state index contributed by atoms with van der Waals surface area (Å²) in [6, 6.07) is 10.2. The number of nitrogens with zero attached hydrogens (tertiary/aromatic N) is 2. The van der Waals surface area contributed by atoms with Gasteiger partial charge in [0.1, 0.15) is 18.1 Å². The number of aromatic nitrogens is 2. The highest BCUT2D eigenvalue weighted by Crippen LogP contribution is 2.37. The van der Waals surface area contributed by atoms with E-state index in [1.165, 1.54) is 16.8 Å². The SMILES string of the molecule is CC(C)(C)[Si](C)(C)OC[C@@H]1O[C@@H](n2ccc(NC(=O)c3ccccc3)nc2=O)CC1O. The number of anilines is 1. The molecule has 0 bridgehead atoms. The summed E-state index contributed by atoms with van der Waals surface area (Å²) in [6.45, 7) is 11.0. The molecule has 31 heavy (non-hydrogen) atoms. The fourth-order valence-corrected chi connectivity index (χ4v) is 4.04. The third-order valence-corrected chi connectivity index (χ3v) is 10.5. The number of aliphatic hydroxyl groups excluding tert-OH is 1. The summed E-state index contributed by atoms with van der Waals surface area (Å²) in [5.41, 5.74) is -0.0886. The average molecular weight is 446 g/mol. The van der Waals surface area contributed by atoms with Crippen molar-refractivity contribution in [3.8, 4) is 0 Å². The first-order chi connectivity index (χ1) is 14.5. The summed E-state index contributed by atoms with van der Waals surface area (Å²) in [5, 5.41) is 13.1. The molecule has 1 aliphatic heterocycles. The Labute approximate surface area is 183 Å². The van der Waals surface area contributed by atoms with Crippen LogP contribution in [0.5, 0.6) is 0 Å². The number of benzene rings is 1. The first kappa shape index (κ1) is 23.3. The van der Waals surface area contributed by atoms with Crippen LogP contribution in [0.4, 0.5) is 5.82 Å². The van der Waals surface area contributed by atoms with Crippen LogP contribution in [0, 0.1) is 0 Å². The Bertz CT molecular complexity index is 971. The Kier molecular flexibility index (Phi) is 6.80. The van der Waals surface area contributed by atoms with E-state index >= 15 is 0 Å². The molecule has 1 saturated heterocycles. The summed E-state index contributed by atoms with van der Waals surface area (Å²) in [5.74, 6) is -0.188. The number of carbonyl (C=O) groups is 1. The van der Waals surface area contributed by atoms with Gasteiger partial charge in [0, 0.05) is 18.2 Å². The van der Waals surface area contributed by atoms with Gasteiger partial charge in [-0.3, -0.25) is 9.36 Å². The maximum atomic E-state index is 12.5. The molecule has 0 spiro atoms. The predicted octanol–water partition coefficient (Wildman–Crippen LogP) is 3.17. The maximum absolute atomic E-state index is 12.5. The highest BCUT2D eigenvalue weighted by molar-refractivity contribution is 6.74. The molecule has 2 aromatic rings. The van der Waals surface area contributed by atoms with Crippen molar-refractivity contribution < 1.29 is 19.1 Å². The molecule has 2 N–H and O–H groups in total. The number of amides is 1. The summed E-state index contributed by atoms with van der Waals surface area (Å²) in [6.07, 6.45) is -0.0998. The minimum absolute atomic E-state index is 0.0524. The van der Waals surface area contributed by atoms with E-state index in [4.69, 9.17) is 9.16 Å². The van der Waals surface area contributed by atoms with E-state index in [2.05, 4.69) is 44.2 Å². The van der Waals surface area contributed by atoms with E-state index in [0.29, 0.717) is 5.56 Å². The zero-order valence-corrected chi connectivity index (χ0v) is 19.7. The van der Waals surface area contributed by atoms with Crippen molar-refractivity contribution in [2.75, 3.05) is 11.9 Å². The largest absolute Gasteiger partial charge is 0.414 e. The van der Waals surface area contributed by atoms with Gasteiger partial charge >= 0.3 is 5.69 Å². The summed E-state index contributed by atoms with van der Waals surface area (Å²) in [7, 11) is -1.98. The van der Waals surface area contributed by atoms with Crippen molar-refractivity contribution in [1.82, 2.24) is 9.55 Å². The van der Waals surface area contributed by atoms with Gasteiger partial charge in [0.15, 0.2) is 8.32 Å². The Hall–Kier alpha value is -2.33. The quantitative estimate of drug-likeness (QED) is 0.662. The van der Waals surface area contributed by atoms with Gasteiger partial charge in [0.05, 0.1) is 12.7 Å². The standard InChI is InChI=1S/C22H31N3O5Si/c1-22(2,3)31(4,5)29-14-17-16(26)13-19(30-17)25-12-11-18(24-21(25)28)23-20(27)15-9-7-6-8-10-15/h6-12,16-17,19,26H,13-14H2,1-5H3,(H,23,24,27,28)/t16?,17-,19+/m0/s1. The van der Waals surface area contributed by atoms with E-state index in [-0.39, 0.29) is 29.8 Å². The van der Waals surface area contributed by atoms with Crippen LogP contribution < -0.4 is 11.0 Å². The van der Waals surface area contributed by atoms with Crippen molar-refractivity contribution in [2.45, 2.75) is 63.8 Å². The van der Waals surface area contributed by atoms with Crippen molar-refractivity contribution in [3.05, 3.63) is 58.6 Å². The summed E-state index contributed by atoms with van der Waals surface area (Å²) in [4.78, 5) is 28.7. The van der Waals surface area contributed by atoms with Crippen molar-refractivity contribution in [1.29, 1.82) is 0 Å². The molecule has 0 saturated carbocycles. The fourth-order valence-electron chi connectivity index (χ4n) is 3.02. The predicted molar refractivity (Wildman–Crippen MR) is 121 cm³/mol. The van der Waals surface area contributed by atoms with Crippen LogP contribution in [-0.4, -0.2) is 47.7 Å². The normalized spacial score (nSPS) is 21.8. The monoisotopic (exact) mass is 445 g/mol. The lowest BCUT2D eigenvalue weighted by Crippen LogP contribution is -2.43. The number of hydrogen-bond donors (Lipinski definition) is 2. The maximum Gasteiger partial charge on any atom is 0.351 e. The van der Waals surface area contributed by atoms with Gasteiger partial charge in [-0.05, 0) is 36.3 Å². The lowest BCUT2D eigenvalue weighted by Gasteiger charge is -2.37.